The van der Waals surface area contributed by atoms with Crippen LogP contribution < -0.4 is 4.74 Å². The van der Waals surface area contributed by atoms with E-state index < -0.39 is 0 Å². The predicted octanol–water partition coefficient (Wildman–Crippen LogP) is 4.48. The summed E-state index contributed by atoms with van der Waals surface area (Å²) in [5.41, 5.74) is 2.20. The molecule has 0 spiro atoms. The maximum Gasteiger partial charge on any atom is 0.247 e. The van der Waals surface area contributed by atoms with E-state index in [0.717, 1.165) is 11.3 Å². The topological polar surface area (TPSA) is 48.2 Å². The quantitative estimate of drug-likeness (QED) is 0.673. The largest absolute Gasteiger partial charge is 0.493 e. The molecule has 0 aliphatic rings. The molecule has 4 nitrogen and oxygen atoms in total. The van der Waals surface area contributed by atoms with E-state index in [1.54, 1.807) is 0 Å². The first-order chi connectivity index (χ1) is 11.2. The number of ether oxygens (including phenoxy) is 1. The Morgan fingerprint density at radius 1 is 1.00 bits per heavy atom. The average molecular weight is 308 g/mol. The fraction of sp³-hybridized carbons (Fsp3) is 0.263. The number of hydrogen-bond acceptors (Lipinski definition) is 4. The van der Waals surface area contributed by atoms with Gasteiger partial charge in [-0.2, -0.15) is 0 Å². The highest BCUT2D eigenvalue weighted by Crippen LogP contribution is 2.21. The average Bonchev–Trinajstić information content (AvgIpc) is 3.05. The summed E-state index contributed by atoms with van der Waals surface area (Å²) in [4.78, 5) is 0. The zero-order valence-corrected chi connectivity index (χ0v) is 13.4. The fourth-order valence-corrected chi connectivity index (χ4v) is 2.27. The molecule has 4 heteroatoms. The normalized spacial score (nSPS) is 10.9. The molecule has 0 aliphatic carbocycles. The Morgan fingerprint density at radius 3 is 2.61 bits per heavy atom. The Bertz CT molecular complexity index is 751. The minimum absolute atomic E-state index is 0.489. The minimum Gasteiger partial charge on any atom is -0.493 e. The van der Waals surface area contributed by atoms with E-state index in [1.807, 2.05) is 42.5 Å². The highest BCUT2D eigenvalue weighted by molar-refractivity contribution is 5.51. The highest BCUT2D eigenvalue weighted by Gasteiger charge is 2.08. The van der Waals surface area contributed by atoms with Crippen molar-refractivity contribution in [3.63, 3.8) is 0 Å². The second-order valence-electron chi connectivity index (χ2n) is 5.69. The van der Waals surface area contributed by atoms with Gasteiger partial charge in [0.2, 0.25) is 11.8 Å². The van der Waals surface area contributed by atoms with E-state index >= 15 is 0 Å². The van der Waals surface area contributed by atoms with Gasteiger partial charge in [-0.15, -0.1) is 10.2 Å². The van der Waals surface area contributed by atoms with Gasteiger partial charge in [0.25, 0.3) is 0 Å². The molecule has 0 amide bonds. The molecule has 118 valence electrons. The van der Waals surface area contributed by atoms with Crippen LogP contribution in [0.1, 0.15) is 31.2 Å². The number of benzene rings is 2. The Labute approximate surface area is 136 Å². The number of rotatable bonds is 6. The SMILES string of the molecule is CC(C)c1cccc(OCCc2nnc(-c3ccccc3)o2)c1. The van der Waals surface area contributed by atoms with Crippen LogP contribution >= 0.6 is 0 Å². The molecule has 0 saturated heterocycles. The molecule has 3 rings (SSSR count). The first-order valence-electron chi connectivity index (χ1n) is 7.83. The lowest BCUT2D eigenvalue weighted by Gasteiger charge is -2.09. The highest BCUT2D eigenvalue weighted by atomic mass is 16.5. The van der Waals surface area contributed by atoms with Crippen LogP contribution in [0, 0.1) is 0 Å². The van der Waals surface area contributed by atoms with E-state index in [2.05, 4.69) is 36.2 Å². The van der Waals surface area contributed by atoms with Gasteiger partial charge in [0.15, 0.2) is 0 Å². The third kappa shape index (κ3) is 3.97. The number of aromatic nitrogens is 2. The Balaban J connectivity index is 1.57. The molecule has 3 aromatic rings. The molecule has 0 N–H and O–H groups in total. The first kappa shape index (κ1) is 15.3. The molecule has 0 bridgehead atoms. The number of hydrogen-bond donors (Lipinski definition) is 0. The second-order valence-corrected chi connectivity index (χ2v) is 5.69. The van der Waals surface area contributed by atoms with Crippen LogP contribution in [0.3, 0.4) is 0 Å². The molecule has 2 aromatic carbocycles. The molecule has 23 heavy (non-hydrogen) atoms. The van der Waals surface area contributed by atoms with E-state index in [4.69, 9.17) is 9.15 Å². The Kier molecular flexibility index (Phi) is 4.71. The van der Waals surface area contributed by atoms with E-state index in [0.29, 0.717) is 30.7 Å². The van der Waals surface area contributed by atoms with Gasteiger partial charge in [-0.1, -0.05) is 44.2 Å². The van der Waals surface area contributed by atoms with Gasteiger partial charge in [-0.25, -0.2) is 0 Å². The molecule has 0 radical (unpaired) electrons. The van der Waals surface area contributed by atoms with Crippen molar-refractivity contribution in [1.82, 2.24) is 10.2 Å². The van der Waals surface area contributed by atoms with Crippen molar-refractivity contribution < 1.29 is 9.15 Å². The summed E-state index contributed by atoms with van der Waals surface area (Å²) < 4.78 is 11.5. The summed E-state index contributed by atoms with van der Waals surface area (Å²) in [5, 5.41) is 8.15. The maximum atomic E-state index is 5.79. The standard InChI is InChI=1S/C19H20N2O2/c1-14(2)16-9-6-10-17(13-16)22-12-11-18-20-21-19(23-18)15-7-4-3-5-8-15/h3-10,13-14H,11-12H2,1-2H3. The van der Waals surface area contributed by atoms with Crippen molar-refractivity contribution in [2.45, 2.75) is 26.2 Å². The summed E-state index contributed by atoms with van der Waals surface area (Å²) in [5.74, 6) is 2.49. The van der Waals surface area contributed by atoms with Gasteiger partial charge in [0.1, 0.15) is 5.75 Å². The molecular formula is C19H20N2O2. The maximum absolute atomic E-state index is 5.79. The van der Waals surface area contributed by atoms with Crippen LogP contribution in [0.4, 0.5) is 0 Å². The monoisotopic (exact) mass is 308 g/mol. The van der Waals surface area contributed by atoms with E-state index in [-0.39, 0.29) is 0 Å². The van der Waals surface area contributed by atoms with E-state index in [1.165, 1.54) is 5.56 Å². The molecule has 0 fully saturated rings. The summed E-state index contributed by atoms with van der Waals surface area (Å²) in [6, 6.07) is 17.9. The summed E-state index contributed by atoms with van der Waals surface area (Å²) in [6.07, 6.45) is 0.589. The van der Waals surface area contributed by atoms with Gasteiger partial charge in [0, 0.05) is 5.56 Å². The van der Waals surface area contributed by atoms with Crippen LogP contribution in [0.2, 0.25) is 0 Å². The first-order valence-corrected chi connectivity index (χ1v) is 7.83. The molecule has 1 aromatic heterocycles. The smallest absolute Gasteiger partial charge is 0.247 e. The lowest BCUT2D eigenvalue weighted by molar-refractivity contribution is 0.306. The molecule has 0 aliphatic heterocycles. The lowest BCUT2D eigenvalue weighted by Crippen LogP contribution is -2.02. The fourth-order valence-electron chi connectivity index (χ4n) is 2.27. The van der Waals surface area contributed by atoms with Crippen molar-refractivity contribution in [1.29, 1.82) is 0 Å². The lowest BCUT2D eigenvalue weighted by atomic mass is 10.0. The second kappa shape index (κ2) is 7.09. The van der Waals surface area contributed by atoms with Crippen LogP contribution in [-0.2, 0) is 6.42 Å². The van der Waals surface area contributed by atoms with Gasteiger partial charge >= 0.3 is 0 Å². The summed E-state index contributed by atoms with van der Waals surface area (Å²) in [6.45, 7) is 4.85. The Morgan fingerprint density at radius 2 is 1.83 bits per heavy atom. The van der Waals surface area contributed by atoms with Crippen LogP contribution in [0.5, 0.6) is 5.75 Å². The van der Waals surface area contributed by atoms with E-state index in [9.17, 15) is 0 Å². The zero-order chi connectivity index (χ0) is 16.1. The van der Waals surface area contributed by atoms with Crippen LogP contribution in [0.15, 0.2) is 59.0 Å². The van der Waals surface area contributed by atoms with Gasteiger partial charge in [-0.05, 0) is 35.7 Å². The van der Waals surface area contributed by atoms with Crippen LogP contribution in [-0.4, -0.2) is 16.8 Å². The zero-order valence-electron chi connectivity index (χ0n) is 13.4. The molecular weight excluding hydrogens is 288 g/mol. The molecule has 0 unspecified atom stereocenters. The molecule has 1 heterocycles. The van der Waals surface area contributed by atoms with Gasteiger partial charge in [-0.3, -0.25) is 0 Å². The minimum atomic E-state index is 0.489. The third-order valence-corrected chi connectivity index (χ3v) is 3.60. The molecule has 0 saturated carbocycles. The molecule has 0 atom stereocenters. The van der Waals surface area contributed by atoms with Crippen molar-refractivity contribution in [2.24, 2.45) is 0 Å². The Hall–Kier alpha value is -2.62. The van der Waals surface area contributed by atoms with Gasteiger partial charge in [0.05, 0.1) is 13.0 Å². The van der Waals surface area contributed by atoms with Crippen molar-refractivity contribution in [3.8, 4) is 17.2 Å². The van der Waals surface area contributed by atoms with Crippen molar-refractivity contribution >= 4 is 0 Å². The van der Waals surface area contributed by atoms with Crippen molar-refractivity contribution in [2.75, 3.05) is 6.61 Å². The van der Waals surface area contributed by atoms with Crippen molar-refractivity contribution in [3.05, 3.63) is 66.1 Å². The summed E-state index contributed by atoms with van der Waals surface area (Å²) in [7, 11) is 0. The van der Waals surface area contributed by atoms with Crippen LogP contribution in [0.25, 0.3) is 11.5 Å². The predicted molar refractivity (Wildman–Crippen MR) is 89.5 cm³/mol. The summed E-state index contributed by atoms with van der Waals surface area (Å²) >= 11 is 0. The van der Waals surface area contributed by atoms with Gasteiger partial charge < -0.3 is 9.15 Å². The third-order valence-electron chi connectivity index (χ3n) is 3.60. The number of nitrogens with zero attached hydrogens (tertiary/aromatic N) is 2.